The Labute approximate surface area is 169 Å². The number of anilines is 1. The molecule has 0 aliphatic carbocycles. The van der Waals surface area contributed by atoms with Gasteiger partial charge in [-0.2, -0.15) is 0 Å². The number of benzene rings is 1. The van der Waals surface area contributed by atoms with Crippen molar-refractivity contribution in [1.29, 1.82) is 0 Å². The maximum Gasteiger partial charge on any atom is 0.255 e. The standard InChI is InChI=1S/C23H24N4O2/c1-15-7-6-8-16(2)19(15)12-24-20-11-18(26-10-5-4-9-22(26)29)13-27-17(3)21(14-28)25-23(20)27/h4-11,13,24,28H,12,14H2,1-3H3. The molecule has 0 aliphatic rings. The molecule has 0 aliphatic heterocycles. The highest BCUT2D eigenvalue weighted by Gasteiger charge is 2.14. The van der Waals surface area contributed by atoms with Gasteiger partial charge in [-0.05, 0) is 49.6 Å². The third-order valence-electron chi connectivity index (χ3n) is 5.39. The Bertz CT molecular complexity index is 1230. The van der Waals surface area contributed by atoms with Crippen molar-refractivity contribution in [2.75, 3.05) is 5.32 Å². The van der Waals surface area contributed by atoms with Crippen molar-refractivity contribution in [3.8, 4) is 5.69 Å². The molecule has 0 fully saturated rings. The van der Waals surface area contributed by atoms with Crippen molar-refractivity contribution in [3.63, 3.8) is 0 Å². The molecule has 0 radical (unpaired) electrons. The van der Waals surface area contributed by atoms with Gasteiger partial charge in [0.25, 0.3) is 5.56 Å². The van der Waals surface area contributed by atoms with Crippen LogP contribution in [0, 0.1) is 20.8 Å². The van der Waals surface area contributed by atoms with Crippen LogP contribution in [-0.2, 0) is 13.2 Å². The molecular weight excluding hydrogens is 364 g/mol. The minimum atomic E-state index is -0.134. The molecule has 4 aromatic rings. The van der Waals surface area contributed by atoms with E-state index in [1.54, 1.807) is 16.8 Å². The molecule has 2 N–H and O–H groups in total. The first-order valence-electron chi connectivity index (χ1n) is 9.59. The molecule has 6 nitrogen and oxygen atoms in total. The summed E-state index contributed by atoms with van der Waals surface area (Å²) in [5, 5.41) is 13.2. The molecule has 0 saturated carbocycles. The van der Waals surface area contributed by atoms with E-state index in [9.17, 15) is 9.90 Å². The van der Waals surface area contributed by atoms with E-state index in [-0.39, 0.29) is 12.2 Å². The molecule has 4 rings (SSSR count). The van der Waals surface area contributed by atoms with Gasteiger partial charge in [0.1, 0.15) is 0 Å². The number of aryl methyl sites for hydroxylation is 3. The second kappa shape index (κ2) is 7.56. The molecule has 148 valence electrons. The predicted molar refractivity (Wildman–Crippen MR) is 115 cm³/mol. The Morgan fingerprint density at radius 3 is 2.52 bits per heavy atom. The lowest BCUT2D eigenvalue weighted by Crippen LogP contribution is -2.16. The molecular formula is C23H24N4O2. The van der Waals surface area contributed by atoms with Gasteiger partial charge in [0.05, 0.1) is 23.7 Å². The van der Waals surface area contributed by atoms with Gasteiger partial charge in [-0.25, -0.2) is 4.98 Å². The van der Waals surface area contributed by atoms with Gasteiger partial charge in [-0.15, -0.1) is 0 Å². The third-order valence-corrected chi connectivity index (χ3v) is 5.39. The largest absolute Gasteiger partial charge is 0.390 e. The van der Waals surface area contributed by atoms with Gasteiger partial charge in [-0.3, -0.25) is 9.36 Å². The summed E-state index contributed by atoms with van der Waals surface area (Å²) < 4.78 is 3.52. The van der Waals surface area contributed by atoms with Gasteiger partial charge in [0.15, 0.2) is 5.65 Å². The van der Waals surface area contributed by atoms with Crippen molar-refractivity contribution in [2.24, 2.45) is 0 Å². The first-order chi connectivity index (χ1) is 14.0. The Hall–Kier alpha value is -3.38. The monoisotopic (exact) mass is 388 g/mol. The van der Waals surface area contributed by atoms with E-state index >= 15 is 0 Å². The zero-order chi connectivity index (χ0) is 20.5. The van der Waals surface area contributed by atoms with E-state index in [1.807, 2.05) is 29.7 Å². The summed E-state index contributed by atoms with van der Waals surface area (Å²) in [5.74, 6) is 0. The van der Waals surface area contributed by atoms with E-state index < -0.39 is 0 Å². The molecule has 0 unspecified atom stereocenters. The topological polar surface area (TPSA) is 71.6 Å². The fraction of sp³-hybridized carbons (Fsp3) is 0.217. The molecule has 6 heteroatoms. The Morgan fingerprint density at radius 2 is 1.83 bits per heavy atom. The number of aliphatic hydroxyl groups excluding tert-OH is 1. The van der Waals surface area contributed by atoms with Crippen LogP contribution in [-0.4, -0.2) is 19.1 Å². The second-order valence-electron chi connectivity index (χ2n) is 7.24. The number of hydrogen-bond donors (Lipinski definition) is 2. The molecule has 29 heavy (non-hydrogen) atoms. The smallest absolute Gasteiger partial charge is 0.255 e. The molecule has 0 saturated heterocycles. The first-order valence-corrected chi connectivity index (χ1v) is 9.59. The van der Waals surface area contributed by atoms with Crippen LogP contribution >= 0.6 is 0 Å². The Balaban J connectivity index is 1.85. The first kappa shape index (κ1) is 19.0. The lowest BCUT2D eigenvalue weighted by molar-refractivity contribution is 0.276. The molecule has 3 heterocycles. The van der Waals surface area contributed by atoms with Crippen LogP contribution in [0.5, 0.6) is 0 Å². The average molecular weight is 388 g/mol. The number of nitrogens with zero attached hydrogens (tertiary/aromatic N) is 3. The highest BCUT2D eigenvalue weighted by molar-refractivity contribution is 5.72. The third kappa shape index (κ3) is 3.43. The van der Waals surface area contributed by atoms with Crippen LogP contribution in [0.1, 0.15) is 28.1 Å². The zero-order valence-corrected chi connectivity index (χ0v) is 16.8. The van der Waals surface area contributed by atoms with E-state index in [1.165, 1.54) is 22.8 Å². The number of aromatic nitrogens is 3. The van der Waals surface area contributed by atoms with Crippen molar-refractivity contribution in [2.45, 2.75) is 33.9 Å². The second-order valence-corrected chi connectivity index (χ2v) is 7.24. The number of nitrogens with one attached hydrogen (secondary N) is 1. The van der Waals surface area contributed by atoms with Gasteiger partial charge in [-0.1, -0.05) is 24.3 Å². The summed E-state index contributed by atoms with van der Waals surface area (Å²) in [6.45, 7) is 6.62. The molecule has 0 amide bonds. The quantitative estimate of drug-likeness (QED) is 0.549. The van der Waals surface area contributed by atoms with Crippen LogP contribution in [0.25, 0.3) is 11.3 Å². The van der Waals surface area contributed by atoms with Gasteiger partial charge in [0, 0.05) is 30.7 Å². The van der Waals surface area contributed by atoms with Crippen molar-refractivity contribution >= 4 is 11.3 Å². The number of aliphatic hydroxyl groups is 1. The van der Waals surface area contributed by atoms with E-state index in [0.29, 0.717) is 12.2 Å². The predicted octanol–water partition coefficient (Wildman–Crippen LogP) is 3.51. The van der Waals surface area contributed by atoms with E-state index in [4.69, 9.17) is 0 Å². The molecule has 0 atom stereocenters. The lowest BCUT2D eigenvalue weighted by atomic mass is 10.0. The average Bonchev–Trinajstić information content (AvgIpc) is 3.04. The fourth-order valence-electron chi connectivity index (χ4n) is 3.65. The SMILES string of the molecule is Cc1cccc(C)c1CNc1cc(-n2ccccc2=O)cn2c(C)c(CO)nc12. The van der Waals surface area contributed by atoms with E-state index in [0.717, 1.165) is 22.7 Å². The Kier molecular flexibility index (Phi) is 4.94. The van der Waals surface area contributed by atoms with Crippen LogP contribution in [0.3, 0.4) is 0 Å². The minimum Gasteiger partial charge on any atom is -0.390 e. The summed E-state index contributed by atoms with van der Waals surface area (Å²) in [6, 6.07) is 13.3. The summed E-state index contributed by atoms with van der Waals surface area (Å²) in [4.78, 5) is 17.0. The summed E-state index contributed by atoms with van der Waals surface area (Å²) in [7, 11) is 0. The minimum absolute atomic E-state index is 0.104. The van der Waals surface area contributed by atoms with Crippen LogP contribution in [0.15, 0.2) is 59.7 Å². The summed E-state index contributed by atoms with van der Waals surface area (Å²) in [6.07, 6.45) is 3.63. The number of imidazole rings is 1. The van der Waals surface area contributed by atoms with Crippen molar-refractivity contribution in [1.82, 2.24) is 14.0 Å². The van der Waals surface area contributed by atoms with Gasteiger partial charge in [0.2, 0.25) is 0 Å². The number of pyridine rings is 2. The van der Waals surface area contributed by atoms with Gasteiger partial charge >= 0.3 is 0 Å². The molecule has 1 aromatic carbocycles. The molecule has 0 bridgehead atoms. The maximum absolute atomic E-state index is 12.4. The summed E-state index contributed by atoms with van der Waals surface area (Å²) in [5.41, 5.74) is 7.32. The van der Waals surface area contributed by atoms with Crippen LogP contribution in [0.2, 0.25) is 0 Å². The zero-order valence-electron chi connectivity index (χ0n) is 16.8. The van der Waals surface area contributed by atoms with Crippen LogP contribution < -0.4 is 10.9 Å². The molecule has 0 spiro atoms. The van der Waals surface area contributed by atoms with Gasteiger partial charge < -0.3 is 14.8 Å². The number of hydrogen-bond acceptors (Lipinski definition) is 4. The molecule has 3 aromatic heterocycles. The fourth-order valence-corrected chi connectivity index (χ4v) is 3.65. The number of fused-ring (bicyclic) bond motifs is 1. The normalized spacial score (nSPS) is 11.2. The van der Waals surface area contributed by atoms with E-state index in [2.05, 4.69) is 42.3 Å². The maximum atomic E-state index is 12.4. The summed E-state index contributed by atoms with van der Waals surface area (Å²) >= 11 is 0. The van der Waals surface area contributed by atoms with Crippen molar-refractivity contribution in [3.05, 3.63) is 93.3 Å². The van der Waals surface area contributed by atoms with Crippen LogP contribution in [0.4, 0.5) is 5.69 Å². The van der Waals surface area contributed by atoms with Crippen molar-refractivity contribution < 1.29 is 5.11 Å². The number of rotatable bonds is 5. The Morgan fingerprint density at radius 1 is 1.07 bits per heavy atom. The highest BCUT2D eigenvalue weighted by atomic mass is 16.3. The lowest BCUT2D eigenvalue weighted by Gasteiger charge is -2.15. The highest BCUT2D eigenvalue weighted by Crippen LogP contribution is 2.25.